The molecule has 9 heavy (non-hydrogen) atoms. The molecule has 1 aliphatic rings. The predicted octanol–water partition coefficient (Wildman–Crippen LogP) is 0.460. The molecule has 0 aliphatic carbocycles. The van der Waals surface area contributed by atoms with E-state index in [2.05, 4.69) is 25.7 Å². The Morgan fingerprint density at radius 3 is 2.22 bits per heavy atom. The van der Waals surface area contributed by atoms with Crippen LogP contribution >= 0.6 is 0 Å². The molecule has 0 bridgehead atoms. The molecule has 1 fully saturated rings. The molecule has 0 amide bonds. The van der Waals surface area contributed by atoms with Crippen LogP contribution in [-0.4, -0.2) is 34.7 Å². The summed E-state index contributed by atoms with van der Waals surface area (Å²) in [5.74, 6) is 0. The molecule has 1 N–H and O–H groups in total. The number of nitrogens with zero attached hydrogens (tertiary/aromatic N) is 1. The summed E-state index contributed by atoms with van der Waals surface area (Å²) in [6.45, 7) is 7.23. The van der Waals surface area contributed by atoms with Crippen molar-refractivity contribution < 1.29 is 5.11 Å². The van der Waals surface area contributed by atoms with Gasteiger partial charge in [0, 0.05) is 18.6 Å². The average molecular weight is 129 g/mol. The van der Waals surface area contributed by atoms with Gasteiger partial charge in [0.1, 0.15) is 0 Å². The Kier molecular flexibility index (Phi) is 1.78. The summed E-state index contributed by atoms with van der Waals surface area (Å²) in [7, 11) is 0. The van der Waals surface area contributed by atoms with E-state index in [9.17, 15) is 0 Å². The number of rotatable bonds is 1. The van der Waals surface area contributed by atoms with Crippen LogP contribution in [0.5, 0.6) is 0 Å². The van der Waals surface area contributed by atoms with Crippen molar-refractivity contribution in [1.29, 1.82) is 0 Å². The Morgan fingerprint density at radius 1 is 1.56 bits per heavy atom. The quantitative estimate of drug-likeness (QED) is 0.556. The molecule has 2 atom stereocenters. The minimum absolute atomic E-state index is 0.0765. The van der Waals surface area contributed by atoms with E-state index in [0.29, 0.717) is 12.1 Å². The van der Waals surface area contributed by atoms with E-state index >= 15 is 0 Å². The summed E-state index contributed by atoms with van der Waals surface area (Å²) in [5.41, 5.74) is 0. The molecule has 0 radical (unpaired) electrons. The highest BCUT2D eigenvalue weighted by molar-refractivity contribution is 4.89. The average Bonchev–Trinajstić information content (AvgIpc) is 1.81. The first-order valence-corrected chi connectivity index (χ1v) is 3.56. The molecule has 2 nitrogen and oxygen atoms in total. The fraction of sp³-hybridized carbons (Fsp3) is 1.00. The lowest BCUT2D eigenvalue weighted by atomic mass is 9.99. The molecule has 0 unspecified atom stereocenters. The summed E-state index contributed by atoms with van der Waals surface area (Å²) in [4.78, 5) is 2.28. The van der Waals surface area contributed by atoms with E-state index in [-0.39, 0.29) is 6.10 Å². The van der Waals surface area contributed by atoms with E-state index in [4.69, 9.17) is 5.11 Å². The van der Waals surface area contributed by atoms with Crippen molar-refractivity contribution in [3.63, 3.8) is 0 Å². The first-order chi connectivity index (χ1) is 4.13. The van der Waals surface area contributed by atoms with E-state index in [1.807, 2.05) is 0 Å². The fourth-order valence-electron chi connectivity index (χ4n) is 1.30. The first-order valence-electron chi connectivity index (χ1n) is 3.56. The highest BCUT2D eigenvalue weighted by atomic mass is 16.3. The molecule has 1 aliphatic heterocycles. The zero-order valence-electron chi connectivity index (χ0n) is 6.33. The smallest absolute Gasteiger partial charge is 0.0819 e. The molecule has 1 saturated heterocycles. The number of aliphatic hydroxyl groups is 1. The van der Waals surface area contributed by atoms with Crippen molar-refractivity contribution in [2.24, 2.45) is 0 Å². The Labute approximate surface area is 56.5 Å². The van der Waals surface area contributed by atoms with Gasteiger partial charge in [0.15, 0.2) is 0 Å². The van der Waals surface area contributed by atoms with Crippen molar-refractivity contribution in [2.45, 2.75) is 39.0 Å². The third kappa shape index (κ3) is 1.10. The second-order valence-corrected chi connectivity index (χ2v) is 3.10. The second kappa shape index (κ2) is 2.27. The van der Waals surface area contributed by atoms with E-state index < -0.39 is 0 Å². The van der Waals surface area contributed by atoms with Gasteiger partial charge in [-0.1, -0.05) is 0 Å². The molecule has 54 valence electrons. The number of aliphatic hydroxyl groups excluding tert-OH is 1. The van der Waals surface area contributed by atoms with Crippen LogP contribution in [0.3, 0.4) is 0 Å². The SMILES string of the molecule is CC(C)N1C[C@H](O)[C@H]1C. The fourth-order valence-corrected chi connectivity index (χ4v) is 1.30. The van der Waals surface area contributed by atoms with Crippen LogP contribution in [0, 0.1) is 0 Å². The Morgan fingerprint density at radius 2 is 2.11 bits per heavy atom. The highest BCUT2D eigenvalue weighted by Gasteiger charge is 2.34. The molecule has 0 aromatic carbocycles. The standard InChI is InChI=1S/C7H15NO/c1-5(2)8-4-7(9)6(8)3/h5-7,9H,4H2,1-3H3/t6-,7+/m1/s1. The lowest BCUT2D eigenvalue weighted by Crippen LogP contribution is -2.60. The molecule has 0 aromatic rings. The van der Waals surface area contributed by atoms with Crippen LogP contribution in [0.15, 0.2) is 0 Å². The van der Waals surface area contributed by atoms with E-state index in [1.54, 1.807) is 0 Å². The van der Waals surface area contributed by atoms with Gasteiger partial charge in [-0.05, 0) is 20.8 Å². The summed E-state index contributed by atoms with van der Waals surface area (Å²) in [5, 5.41) is 9.09. The molecule has 0 saturated carbocycles. The maximum absolute atomic E-state index is 9.09. The Balaban J connectivity index is 2.33. The minimum Gasteiger partial charge on any atom is -0.390 e. The number of β-amino-alcohol motifs (C(OH)–C–C–N with tert-alkyl or cyclic N) is 1. The van der Waals surface area contributed by atoms with Crippen molar-refractivity contribution in [2.75, 3.05) is 6.54 Å². The van der Waals surface area contributed by atoms with Gasteiger partial charge in [-0.15, -0.1) is 0 Å². The van der Waals surface area contributed by atoms with Crippen molar-refractivity contribution >= 4 is 0 Å². The van der Waals surface area contributed by atoms with Crippen LogP contribution in [0.1, 0.15) is 20.8 Å². The summed E-state index contributed by atoms with van der Waals surface area (Å²) in [6, 6.07) is 0.966. The summed E-state index contributed by atoms with van der Waals surface area (Å²) in [6.07, 6.45) is -0.0765. The van der Waals surface area contributed by atoms with Gasteiger partial charge in [-0.25, -0.2) is 0 Å². The van der Waals surface area contributed by atoms with Gasteiger partial charge in [-0.2, -0.15) is 0 Å². The maximum atomic E-state index is 9.09. The largest absolute Gasteiger partial charge is 0.390 e. The van der Waals surface area contributed by atoms with Crippen LogP contribution in [0.2, 0.25) is 0 Å². The lowest BCUT2D eigenvalue weighted by molar-refractivity contribution is -0.0691. The van der Waals surface area contributed by atoms with Crippen LogP contribution in [-0.2, 0) is 0 Å². The van der Waals surface area contributed by atoms with Crippen molar-refractivity contribution in [3.05, 3.63) is 0 Å². The van der Waals surface area contributed by atoms with Gasteiger partial charge in [0.05, 0.1) is 6.10 Å². The van der Waals surface area contributed by atoms with Gasteiger partial charge in [0.2, 0.25) is 0 Å². The molecule has 0 aromatic heterocycles. The first kappa shape index (κ1) is 7.03. The number of hydrogen-bond acceptors (Lipinski definition) is 2. The minimum atomic E-state index is -0.0765. The number of likely N-dealkylation sites (tertiary alicyclic amines) is 1. The maximum Gasteiger partial charge on any atom is 0.0819 e. The zero-order valence-corrected chi connectivity index (χ0v) is 6.33. The molecule has 0 spiro atoms. The van der Waals surface area contributed by atoms with Crippen molar-refractivity contribution in [3.8, 4) is 0 Å². The van der Waals surface area contributed by atoms with Crippen LogP contribution in [0.25, 0.3) is 0 Å². The monoisotopic (exact) mass is 129 g/mol. The molecular formula is C7H15NO. The zero-order chi connectivity index (χ0) is 7.02. The molecular weight excluding hydrogens is 114 g/mol. The van der Waals surface area contributed by atoms with Crippen molar-refractivity contribution in [1.82, 2.24) is 4.90 Å². The Bertz CT molecular complexity index is 103. The van der Waals surface area contributed by atoms with Crippen LogP contribution < -0.4 is 0 Å². The highest BCUT2D eigenvalue weighted by Crippen LogP contribution is 2.19. The van der Waals surface area contributed by atoms with Crippen LogP contribution in [0.4, 0.5) is 0 Å². The molecule has 1 heterocycles. The third-order valence-electron chi connectivity index (χ3n) is 2.14. The third-order valence-corrected chi connectivity index (χ3v) is 2.14. The number of hydrogen-bond donors (Lipinski definition) is 1. The Hall–Kier alpha value is -0.0800. The van der Waals surface area contributed by atoms with Gasteiger partial charge < -0.3 is 5.11 Å². The predicted molar refractivity (Wildman–Crippen MR) is 37.3 cm³/mol. The van der Waals surface area contributed by atoms with E-state index in [1.165, 1.54) is 0 Å². The second-order valence-electron chi connectivity index (χ2n) is 3.10. The van der Waals surface area contributed by atoms with Gasteiger partial charge in [-0.3, -0.25) is 4.90 Å². The summed E-state index contributed by atoms with van der Waals surface area (Å²) < 4.78 is 0. The molecule has 1 rings (SSSR count). The normalized spacial score (nSPS) is 37.0. The van der Waals surface area contributed by atoms with E-state index in [0.717, 1.165) is 6.54 Å². The molecule has 2 heteroatoms. The topological polar surface area (TPSA) is 23.5 Å². The lowest BCUT2D eigenvalue weighted by Gasteiger charge is -2.46. The van der Waals surface area contributed by atoms with Gasteiger partial charge >= 0.3 is 0 Å². The summed E-state index contributed by atoms with van der Waals surface area (Å²) >= 11 is 0. The van der Waals surface area contributed by atoms with Gasteiger partial charge in [0.25, 0.3) is 0 Å².